The summed E-state index contributed by atoms with van der Waals surface area (Å²) in [4.78, 5) is 22.4. The van der Waals surface area contributed by atoms with Crippen LogP contribution in [0.4, 0.5) is 4.39 Å². The quantitative estimate of drug-likeness (QED) is 0.791. The van der Waals surface area contributed by atoms with Crippen molar-refractivity contribution in [3.05, 3.63) is 53.9 Å². The number of hydrogen-bond acceptors (Lipinski definition) is 5. The molecule has 1 aliphatic heterocycles. The molecule has 2 aromatic rings. The minimum Gasteiger partial charge on any atom is -0.484 e. The number of halogens is 1. The maximum Gasteiger partial charge on any atom is 0.260 e. The maximum absolute atomic E-state index is 12.9. The van der Waals surface area contributed by atoms with Crippen LogP contribution in [0.2, 0.25) is 0 Å². The van der Waals surface area contributed by atoms with Gasteiger partial charge in [-0.15, -0.1) is 0 Å². The summed E-state index contributed by atoms with van der Waals surface area (Å²) in [5, 5.41) is 0. The Balaban J connectivity index is 1.46. The Morgan fingerprint density at radius 3 is 2.92 bits per heavy atom. The summed E-state index contributed by atoms with van der Waals surface area (Å²) in [6.07, 6.45) is 3.12. The van der Waals surface area contributed by atoms with Gasteiger partial charge in [0.1, 0.15) is 17.9 Å². The van der Waals surface area contributed by atoms with E-state index in [0.717, 1.165) is 24.2 Å². The summed E-state index contributed by atoms with van der Waals surface area (Å²) >= 11 is 0. The Morgan fingerprint density at radius 1 is 1.35 bits per heavy atom. The van der Waals surface area contributed by atoms with Crippen LogP contribution in [0.25, 0.3) is 0 Å². The molecule has 1 saturated heterocycles. The highest BCUT2D eigenvalue weighted by Gasteiger charge is 2.24. The van der Waals surface area contributed by atoms with Gasteiger partial charge in [0.25, 0.3) is 5.91 Å². The predicted octanol–water partition coefficient (Wildman–Crippen LogP) is 2.16. The second-order valence-corrected chi connectivity index (χ2v) is 6.26. The number of amides is 1. The molecule has 1 amide bonds. The number of carbonyl (C=O) groups is 1. The lowest BCUT2D eigenvalue weighted by Gasteiger charge is -2.33. The van der Waals surface area contributed by atoms with E-state index in [0.29, 0.717) is 25.4 Å². The number of nitrogens with zero attached hydrogens (tertiary/aromatic N) is 3. The molecule has 1 fully saturated rings. The van der Waals surface area contributed by atoms with Crippen LogP contribution >= 0.6 is 0 Å². The van der Waals surface area contributed by atoms with Gasteiger partial charge in [-0.25, -0.2) is 14.4 Å². The summed E-state index contributed by atoms with van der Waals surface area (Å²) in [5.41, 5.74) is 1.92. The molecule has 6 nitrogen and oxygen atoms in total. The highest BCUT2D eigenvalue weighted by Crippen LogP contribution is 2.14. The molecule has 0 N–H and O–H groups in total. The third kappa shape index (κ3) is 5.23. The molecule has 138 valence electrons. The normalized spacial score (nSPS) is 17.2. The third-order valence-corrected chi connectivity index (χ3v) is 4.25. The number of aromatic nitrogens is 2. The summed E-state index contributed by atoms with van der Waals surface area (Å²) in [6, 6.07) is 7.59. The van der Waals surface area contributed by atoms with Crippen molar-refractivity contribution < 1.29 is 18.7 Å². The Bertz CT molecular complexity index is 739. The molecule has 1 unspecified atom stereocenters. The van der Waals surface area contributed by atoms with Crippen LogP contribution < -0.4 is 4.74 Å². The van der Waals surface area contributed by atoms with Crippen molar-refractivity contribution in [3.8, 4) is 5.75 Å². The first kappa shape index (κ1) is 18.3. The van der Waals surface area contributed by atoms with Crippen LogP contribution in [0.3, 0.4) is 0 Å². The van der Waals surface area contributed by atoms with Crippen LogP contribution in [-0.2, 0) is 16.0 Å². The van der Waals surface area contributed by atoms with Crippen molar-refractivity contribution in [3.63, 3.8) is 0 Å². The summed E-state index contributed by atoms with van der Waals surface area (Å²) in [7, 11) is 0. The molecule has 1 aliphatic rings. The van der Waals surface area contributed by atoms with Gasteiger partial charge < -0.3 is 14.4 Å². The molecule has 1 aromatic heterocycles. The average Bonchev–Trinajstić information content (AvgIpc) is 2.66. The molecule has 7 heteroatoms. The zero-order valence-electron chi connectivity index (χ0n) is 14.7. The van der Waals surface area contributed by atoms with E-state index >= 15 is 0 Å². The van der Waals surface area contributed by atoms with Gasteiger partial charge in [-0.2, -0.15) is 0 Å². The second kappa shape index (κ2) is 8.71. The van der Waals surface area contributed by atoms with Gasteiger partial charge in [0.15, 0.2) is 6.61 Å². The molecule has 2 heterocycles. The standard InChI is InChI=1S/C19H22FN3O3/c1-14-10-16(22-13-21-14)4-7-18-11-23(8-9-25-18)19(24)12-26-17-5-2-15(20)3-6-17/h2-3,5-6,10,13,18H,4,7-9,11-12H2,1H3. The smallest absolute Gasteiger partial charge is 0.260 e. The Morgan fingerprint density at radius 2 is 2.15 bits per heavy atom. The fourth-order valence-corrected chi connectivity index (χ4v) is 2.84. The molecule has 26 heavy (non-hydrogen) atoms. The molecule has 0 spiro atoms. The minimum atomic E-state index is -0.335. The predicted molar refractivity (Wildman–Crippen MR) is 93.3 cm³/mol. The van der Waals surface area contributed by atoms with Crippen molar-refractivity contribution in [1.29, 1.82) is 0 Å². The van der Waals surface area contributed by atoms with E-state index in [4.69, 9.17) is 9.47 Å². The SMILES string of the molecule is Cc1cc(CCC2CN(C(=O)COc3ccc(F)cc3)CCO2)ncn1. The highest BCUT2D eigenvalue weighted by atomic mass is 19.1. The number of rotatable bonds is 6. The lowest BCUT2D eigenvalue weighted by Crippen LogP contribution is -2.47. The molecule has 0 bridgehead atoms. The van der Waals surface area contributed by atoms with Crippen molar-refractivity contribution in [2.75, 3.05) is 26.3 Å². The summed E-state index contributed by atoms with van der Waals surface area (Å²) in [6.45, 7) is 3.47. The van der Waals surface area contributed by atoms with E-state index < -0.39 is 0 Å². The molecule has 0 saturated carbocycles. The molecule has 0 radical (unpaired) electrons. The fraction of sp³-hybridized carbons (Fsp3) is 0.421. The monoisotopic (exact) mass is 359 g/mol. The van der Waals surface area contributed by atoms with E-state index in [1.54, 1.807) is 11.2 Å². The van der Waals surface area contributed by atoms with Crippen LogP contribution in [0.5, 0.6) is 5.75 Å². The van der Waals surface area contributed by atoms with Crippen molar-refractivity contribution in [1.82, 2.24) is 14.9 Å². The van der Waals surface area contributed by atoms with Crippen molar-refractivity contribution in [2.24, 2.45) is 0 Å². The molecule has 1 atom stereocenters. The largest absolute Gasteiger partial charge is 0.484 e. The highest BCUT2D eigenvalue weighted by molar-refractivity contribution is 5.77. The minimum absolute atomic E-state index is 0.0196. The van der Waals surface area contributed by atoms with Gasteiger partial charge in [0, 0.05) is 24.5 Å². The first-order chi connectivity index (χ1) is 12.6. The van der Waals surface area contributed by atoms with Crippen LogP contribution in [0, 0.1) is 12.7 Å². The maximum atomic E-state index is 12.9. The third-order valence-electron chi connectivity index (χ3n) is 4.25. The summed E-state index contributed by atoms with van der Waals surface area (Å²) < 4.78 is 24.1. The molecular formula is C19H22FN3O3. The van der Waals surface area contributed by atoms with Gasteiger partial charge in [-0.1, -0.05) is 0 Å². The second-order valence-electron chi connectivity index (χ2n) is 6.26. The van der Waals surface area contributed by atoms with E-state index in [2.05, 4.69) is 9.97 Å². The number of hydrogen-bond donors (Lipinski definition) is 0. The first-order valence-corrected chi connectivity index (χ1v) is 8.65. The molecule has 0 aliphatic carbocycles. The fourth-order valence-electron chi connectivity index (χ4n) is 2.84. The average molecular weight is 359 g/mol. The lowest BCUT2D eigenvalue weighted by molar-refractivity contribution is -0.141. The topological polar surface area (TPSA) is 64.6 Å². The number of morpholine rings is 1. The lowest BCUT2D eigenvalue weighted by atomic mass is 10.1. The number of ether oxygens (including phenoxy) is 2. The number of benzene rings is 1. The summed E-state index contributed by atoms with van der Waals surface area (Å²) in [5.74, 6) is 0.0442. The van der Waals surface area contributed by atoms with Crippen molar-refractivity contribution >= 4 is 5.91 Å². The zero-order chi connectivity index (χ0) is 18.4. The zero-order valence-corrected chi connectivity index (χ0v) is 14.7. The van der Waals surface area contributed by atoms with Gasteiger partial charge in [-0.05, 0) is 50.1 Å². The van der Waals surface area contributed by atoms with Crippen LogP contribution in [0.1, 0.15) is 17.8 Å². The van der Waals surface area contributed by atoms with Gasteiger partial charge >= 0.3 is 0 Å². The van der Waals surface area contributed by atoms with E-state index in [9.17, 15) is 9.18 Å². The Labute approximate surface area is 152 Å². The first-order valence-electron chi connectivity index (χ1n) is 8.65. The van der Waals surface area contributed by atoms with Crippen LogP contribution in [0.15, 0.2) is 36.7 Å². The van der Waals surface area contributed by atoms with E-state index in [1.807, 2.05) is 13.0 Å². The number of carbonyl (C=O) groups excluding carboxylic acids is 1. The van der Waals surface area contributed by atoms with E-state index in [1.165, 1.54) is 24.3 Å². The molecule has 3 rings (SSSR count). The van der Waals surface area contributed by atoms with E-state index in [-0.39, 0.29) is 24.4 Å². The number of aryl methyl sites for hydroxylation is 2. The Kier molecular flexibility index (Phi) is 6.12. The van der Waals surface area contributed by atoms with Crippen molar-refractivity contribution in [2.45, 2.75) is 25.9 Å². The van der Waals surface area contributed by atoms with Gasteiger partial charge in [0.05, 0.1) is 12.7 Å². The van der Waals surface area contributed by atoms with Crippen LogP contribution in [-0.4, -0.2) is 53.2 Å². The van der Waals surface area contributed by atoms with Gasteiger partial charge in [0.2, 0.25) is 0 Å². The van der Waals surface area contributed by atoms with Gasteiger partial charge in [-0.3, -0.25) is 4.79 Å². The Hall–Kier alpha value is -2.54. The molecule has 1 aromatic carbocycles. The molecular weight excluding hydrogens is 337 g/mol.